The van der Waals surface area contributed by atoms with Crippen molar-refractivity contribution in [1.29, 1.82) is 0 Å². The van der Waals surface area contributed by atoms with Crippen molar-refractivity contribution in [1.82, 2.24) is 4.90 Å². The van der Waals surface area contributed by atoms with Gasteiger partial charge < -0.3 is 16.0 Å². The zero-order valence-corrected chi connectivity index (χ0v) is 19.2. The Morgan fingerprint density at radius 2 is 1.84 bits per heavy atom. The van der Waals surface area contributed by atoms with Crippen LogP contribution >= 0.6 is 11.3 Å². The molecule has 0 bridgehead atoms. The van der Waals surface area contributed by atoms with Crippen molar-refractivity contribution in [3.63, 3.8) is 0 Å². The summed E-state index contributed by atoms with van der Waals surface area (Å²) in [5.41, 5.74) is 7.30. The van der Waals surface area contributed by atoms with Crippen LogP contribution in [0.15, 0.2) is 29.2 Å². The van der Waals surface area contributed by atoms with Crippen LogP contribution in [0.4, 0.5) is 5.00 Å². The Bertz CT molecular complexity index is 1130. The lowest BCUT2D eigenvalue weighted by Crippen LogP contribution is -2.34. The molecule has 10 heteroatoms. The molecule has 166 valence electrons. The fourth-order valence-electron chi connectivity index (χ4n) is 3.45. The lowest BCUT2D eigenvalue weighted by atomic mass is 10.0. The molecule has 3 rings (SSSR count). The van der Waals surface area contributed by atoms with Gasteiger partial charge in [-0.2, -0.15) is 0 Å². The third-order valence-corrected chi connectivity index (χ3v) is 8.54. The molecule has 0 fully saturated rings. The Morgan fingerprint density at radius 3 is 2.39 bits per heavy atom. The Balaban J connectivity index is 1.77. The predicted octanol–water partition coefficient (Wildman–Crippen LogP) is 2.11. The third kappa shape index (κ3) is 4.80. The molecule has 0 saturated heterocycles. The van der Waals surface area contributed by atoms with Gasteiger partial charge >= 0.3 is 0 Å². The number of hydrogen-bond donors (Lipinski definition) is 2. The molecule has 0 spiro atoms. The SMILES string of the molecule is CC(=O)N1CCc2c(sc(NC(=O)Cc3ccc(S(=O)(=O)C(C)C)cc3)c2C(N)=O)C1. The molecule has 0 radical (unpaired) electrons. The maximum absolute atomic E-state index is 12.6. The van der Waals surface area contributed by atoms with Crippen LogP contribution in [-0.4, -0.2) is 42.8 Å². The molecule has 3 N–H and O–H groups in total. The lowest BCUT2D eigenvalue weighted by Gasteiger charge is -2.25. The molecular weight excluding hydrogens is 438 g/mol. The summed E-state index contributed by atoms with van der Waals surface area (Å²) in [6.45, 7) is 5.61. The van der Waals surface area contributed by atoms with Gasteiger partial charge in [0.25, 0.3) is 5.91 Å². The molecule has 2 heterocycles. The molecule has 1 aromatic carbocycles. The van der Waals surface area contributed by atoms with E-state index in [1.54, 1.807) is 30.9 Å². The second-order valence-electron chi connectivity index (χ2n) is 7.73. The minimum atomic E-state index is -3.38. The zero-order chi connectivity index (χ0) is 22.9. The van der Waals surface area contributed by atoms with Gasteiger partial charge in [0.15, 0.2) is 9.84 Å². The van der Waals surface area contributed by atoms with Crippen molar-refractivity contribution in [2.75, 3.05) is 11.9 Å². The predicted molar refractivity (Wildman–Crippen MR) is 119 cm³/mol. The Labute approximate surface area is 185 Å². The number of primary amides is 1. The summed E-state index contributed by atoms with van der Waals surface area (Å²) in [6, 6.07) is 6.20. The molecule has 3 amide bonds. The number of rotatable bonds is 6. The van der Waals surface area contributed by atoms with Gasteiger partial charge in [-0.1, -0.05) is 12.1 Å². The second kappa shape index (κ2) is 8.80. The molecule has 0 atom stereocenters. The molecule has 1 aliphatic heterocycles. The van der Waals surface area contributed by atoms with E-state index in [2.05, 4.69) is 5.32 Å². The van der Waals surface area contributed by atoms with Crippen LogP contribution in [0.2, 0.25) is 0 Å². The van der Waals surface area contributed by atoms with E-state index in [4.69, 9.17) is 5.73 Å². The van der Waals surface area contributed by atoms with Crippen molar-refractivity contribution in [2.45, 2.75) is 50.3 Å². The quantitative estimate of drug-likeness (QED) is 0.678. The number of nitrogens with two attached hydrogens (primary N) is 1. The summed E-state index contributed by atoms with van der Waals surface area (Å²) in [4.78, 5) is 39.0. The van der Waals surface area contributed by atoms with E-state index < -0.39 is 21.0 Å². The molecule has 31 heavy (non-hydrogen) atoms. The normalized spacial score (nSPS) is 13.7. The van der Waals surface area contributed by atoms with E-state index in [0.29, 0.717) is 35.6 Å². The first-order valence-electron chi connectivity index (χ1n) is 9.83. The smallest absolute Gasteiger partial charge is 0.251 e. The minimum absolute atomic E-state index is 0.0162. The molecule has 0 aliphatic carbocycles. The Hall–Kier alpha value is -2.72. The summed E-state index contributed by atoms with van der Waals surface area (Å²) in [6.07, 6.45) is 0.522. The molecule has 2 aromatic rings. The summed E-state index contributed by atoms with van der Waals surface area (Å²) >= 11 is 1.25. The van der Waals surface area contributed by atoms with Gasteiger partial charge in [0.2, 0.25) is 11.8 Å². The fourth-order valence-corrected chi connectivity index (χ4v) is 5.79. The lowest BCUT2D eigenvalue weighted by molar-refractivity contribution is -0.129. The fraction of sp³-hybridized carbons (Fsp3) is 0.381. The number of sulfone groups is 1. The van der Waals surface area contributed by atoms with E-state index in [1.807, 2.05) is 0 Å². The largest absolute Gasteiger partial charge is 0.365 e. The zero-order valence-electron chi connectivity index (χ0n) is 17.6. The average molecular weight is 464 g/mol. The van der Waals surface area contributed by atoms with Crippen LogP contribution < -0.4 is 11.1 Å². The summed E-state index contributed by atoms with van der Waals surface area (Å²) < 4.78 is 24.4. The number of carbonyl (C=O) groups is 3. The highest BCUT2D eigenvalue weighted by molar-refractivity contribution is 7.92. The maximum atomic E-state index is 12.6. The van der Waals surface area contributed by atoms with Crippen LogP contribution in [0, 0.1) is 0 Å². The van der Waals surface area contributed by atoms with Crippen molar-refractivity contribution in [3.05, 3.63) is 45.8 Å². The van der Waals surface area contributed by atoms with Gasteiger partial charge in [0.1, 0.15) is 5.00 Å². The molecule has 0 saturated carbocycles. The van der Waals surface area contributed by atoms with Crippen LogP contribution in [0.3, 0.4) is 0 Å². The first-order valence-corrected chi connectivity index (χ1v) is 12.2. The van der Waals surface area contributed by atoms with Crippen LogP contribution in [0.25, 0.3) is 0 Å². The van der Waals surface area contributed by atoms with E-state index in [0.717, 1.165) is 10.4 Å². The number of hydrogen-bond acceptors (Lipinski definition) is 6. The highest BCUT2D eigenvalue weighted by Gasteiger charge is 2.28. The number of amides is 3. The highest BCUT2D eigenvalue weighted by atomic mass is 32.2. The van der Waals surface area contributed by atoms with E-state index in [-0.39, 0.29) is 23.1 Å². The number of carbonyl (C=O) groups excluding carboxylic acids is 3. The molecule has 1 aromatic heterocycles. The molecule has 1 aliphatic rings. The van der Waals surface area contributed by atoms with Gasteiger partial charge in [0.05, 0.1) is 28.7 Å². The molecular formula is C21H25N3O5S2. The van der Waals surface area contributed by atoms with Crippen LogP contribution in [0.5, 0.6) is 0 Å². The minimum Gasteiger partial charge on any atom is -0.365 e. The van der Waals surface area contributed by atoms with Gasteiger partial charge in [-0.05, 0) is 43.5 Å². The number of fused-ring (bicyclic) bond motifs is 1. The van der Waals surface area contributed by atoms with Gasteiger partial charge in [0, 0.05) is 18.3 Å². The topological polar surface area (TPSA) is 127 Å². The van der Waals surface area contributed by atoms with Crippen molar-refractivity contribution in [3.8, 4) is 0 Å². The molecule has 8 nitrogen and oxygen atoms in total. The van der Waals surface area contributed by atoms with E-state index >= 15 is 0 Å². The number of anilines is 1. The summed E-state index contributed by atoms with van der Waals surface area (Å²) in [7, 11) is -3.38. The Kier molecular flexibility index (Phi) is 6.51. The maximum Gasteiger partial charge on any atom is 0.251 e. The first kappa shape index (κ1) is 23.0. The third-order valence-electron chi connectivity index (χ3n) is 5.24. The van der Waals surface area contributed by atoms with Gasteiger partial charge in [-0.3, -0.25) is 14.4 Å². The average Bonchev–Trinajstić information content (AvgIpc) is 3.05. The highest BCUT2D eigenvalue weighted by Crippen LogP contribution is 2.37. The number of benzene rings is 1. The van der Waals surface area contributed by atoms with Gasteiger partial charge in [-0.15, -0.1) is 11.3 Å². The molecule has 0 unspecified atom stereocenters. The van der Waals surface area contributed by atoms with Crippen molar-refractivity contribution < 1.29 is 22.8 Å². The van der Waals surface area contributed by atoms with E-state index in [1.165, 1.54) is 30.4 Å². The van der Waals surface area contributed by atoms with Crippen LogP contribution in [-0.2, 0) is 38.8 Å². The van der Waals surface area contributed by atoms with Gasteiger partial charge in [-0.25, -0.2) is 8.42 Å². The summed E-state index contributed by atoms with van der Waals surface area (Å²) in [5.74, 6) is -1.01. The number of nitrogens with zero attached hydrogens (tertiary/aromatic N) is 1. The number of nitrogens with one attached hydrogen (secondary N) is 1. The monoisotopic (exact) mass is 463 g/mol. The van der Waals surface area contributed by atoms with E-state index in [9.17, 15) is 22.8 Å². The Morgan fingerprint density at radius 1 is 1.19 bits per heavy atom. The van der Waals surface area contributed by atoms with Crippen LogP contribution in [0.1, 0.15) is 47.1 Å². The first-order chi connectivity index (χ1) is 14.5. The van der Waals surface area contributed by atoms with Crippen molar-refractivity contribution >= 4 is 43.9 Å². The standard InChI is InChI=1S/C21H25N3O5S2/c1-12(2)31(28,29)15-6-4-14(5-7-15)10-18(26)23-21-19(20(22)27)16-8-9-24(13(3)25)11-17(16)30-21/h4-7,12H,8-11H2,1-3H3,(H2,22,27)(H,23,26). The second-order valence-corrected chi connectivity index (χ2v) is 11.3. The number of thiophene rings is 1. The summed E-state index contributed by atoms with van der Waals surface area (Å²) in [5, 5.41) is 2.61. The van der Waals surface area contributed by atoms with Crippen molar-refractivity contribution in [2.24, 2.45) is 5.73 Å².